The lowest BCUT2D eigenvalue weighted by molar-refractivity contribution is 0.134. The molecule has 1 aromatic rings. The second-order valence-corrected chi connectivity index (χ2v) is 4.28. The van der Waals surface area contributed by atoms with E-state index in [0.29, 0.717) is 25.0 Å². The molecule has 1 fully saturated rings. The lowest BCUT2D eigenvalue weighted by Gasteiger charge is -2.16. The SMILES string of the molecule is Oc1ccc2c(c1C1CCCN1)COC2. The molecule has 0 radical (unpaired) electrons. The molecule has 0 spiro atoms. The van der Waals surface area contributed by atoms with Crippen molar-refractivity contribution in [3.05, 3.63) is 28.8 Å². The number of hydrogen-bond acceptors (Lipinski definition) is 3. The predicted octanol–water partition coefficient (Wildman–Crippen LogP) is 1.85. The Morgan fingerprint density at radius 1 is 1.33 bits per heavy atom. The van der Waals surface area contributed by atoms with Crippen molar-refractivity contribution >= 4 is 0 Å². The van der Waals surface area contributed by atoms with Crippen molar-refractivity contribution in [2.45, 2.75) is 32.1 Å². The highest BCUT2D eigenvalue weighted by Crippen LogP contribution is 2.37. The van der Waals surface area contributed by atoms with E-state index in [9.17, 15) is 5.11 Å². The van der Waals surface area contributed by atoms with Gasteiger partial charge in [-0.15, -0.1) is 0 Å². The Morgan fingerprint density at radius 3 is 3.07 bits per heavy atom. The summed E-state index contributed by atoms with van der Waals surface area (Å²) in [5.41, 5.74) is 3.51. The predicted molar refractivity (Wildman–Crippen MR) is 56.6 cm³/mol. The quantitative estimate of drug-likeness (QED) is 0.735. The van der Waals surface area contributed by atoms with E-state index in [-0.39, 0.29) is 0 Å². The minimum Gasteiger partial charge on any atom is -0.508 e. The topological polar surface area (TPSA) is 41.5 Å². The fourth-order valence-electron chi connectivity index (χ4n) is 2.59. The van der Waals surface area contributed by atoms with E-state index in [4.69, 9.17) is 4.74 Å². The Bertz CT molecular complexity index is 383. The maximum atomic E-state index is 9.94. The van der Waals surface area contributed by atoms with Crippen LogP contribution in [0, 0.1) is 0 Å². The van der Waals surface area contributed by atoms with Gasteiger partial charge >= 0.3 is 0 Å². The maximum Gasteiger partial charge on any atom is 0.120 e. The average molecular weight is 205 g/mol. The molecule has 2 aliphatic rings. The van der Waals surface area contributed by atoms with Crippen LogP contribution in [0.1, 0.15) is 35.6 Å². The van der Waals surface area contributed by atoms with Crippen LogP contribution in [0.2, 0.25) is 0 Å². The summed E-state index contributed by atoms with van der Waals surface area (Å²) >= 11 is 0. The summed E-state index contributed by atoms with van der Waals surface area (Å²) in [5, 5.41) is 13.4. The highest BCUT2D eigenvalue weighted by molar-refractivity contribution is 5.47. The fourth-order valence-corrected chi connectivity index (χ4v) is 2.59. The zero-order chi connectivity index (χ0) is 10.3. The van der Waals surface area contributed by atoms with Gasteiger partial charge in [0.25, 0.3) is 0 Å². The third-order valence-electron chi connectivity index (χ3n) is 3.34. The normalized spacial score (nSPS) is 24.4. The van der Waals surface area contributed by atoms with Crippen molar-refractivity contribution < 1.29 is 9.84 Å². The summed E-state index contributed by atoms with van der Waals surface area (Å²) in [6.45, 7) is 2.39. The van der Waals surface area contributed by atoms with Gasteiger partial charge in [0, 0.05) is 11.6 Å². The molecule has 0 aromatic heterocycles. The highest BCUT2D eigenvalue weighted by Gasteiger charge is 2.26. The van der Waals surface area contributed by atoms with Crippen LogP contribution >= 0.6 is 0 Å². The standard InChI is InChI=1S/C12H15NO2/c14-11-4-3-8-6-15-7-9(8)12(11)10-2-1-5-13-10/h3-4,10,13-14H,1-2,5-7H2. The molecular weight excluding hydrogens is 190 g/mol. The Morgan fingerprint density at radius 2 is 2.27 bits per heavy atom. The van der Waals surface area contributed by atoms with Crippen molar-refractivity contribution in [2.75, 3.05) is 6.54 Å². The van der Waals surface area contributed by atoms with Crippen LogP contribution in [0.4, 0.5) is 0 Å². The van der Waals surface area contributed by atoms with Gasteiger partial charge in [0.05, 0.1) is 13.2 Å². The second-order valence-electron chi connectivity index (χ2n) is 4.28. The number of rotatable bonds is 1. The molecule has 3 nitrogen and oxygen atoms in total. The van der Waals surface area contributed by atoms with Crippen LogP contribution in [0.15, 0.2) is 12.1 Å². The molecule has 0 aliphatic carbocycles. The molecule has 1 atom stereocenters. The minimum atomic E-state index is 0.321. The number of benzene rings is 1. The first-order valence-corrected chi connectivity index (χ1v) is 5.51. The summed E-state index contributed by atoms with van der Waals surface area (Å²) in [5.74, 6) is 0.415. The van der Waals surface area contributed by atoms with E-state index < -0.39 is 0 Å². The highest BCUT2D eigenvalue weighted by atomic mass is 16.5. The summed E-state index contributed by atoms with van der Waals surface area (Å²) in [7, 11) is 0. The third kappa shape index (κ3) is 1.43. The van der Waals surface area contributed by atoms with Gasteiger partial charge < -0.3 is 15.2 Å². The van der Waals surface area contributed by atoms with Crippen LogP contribution in [-0.4, -0.2) is 11.7 Å². The Balaban J connectivity index is 2.08. The van der Waals surface area contributed by atoms with Crippen molar-refractivity contribution in [3.8, 4) is 5.75 Å². The van der Waals surface area contributed by atoms with Gasteiger partial charge in [-0.05, 0) is 36.6 Å². The number of ether oxygens (including phenoxy) is 1. The number of fused-ring (bicyclic) bond motifs is 1. The molecule has 1 aromatic carbocycles. The second kappa shape index (κ2) is 3.51. The van der Waals surface area contributed by atoms with E-state index in [1.54, 1.807) is 6.07 Å². The first-order valence-electron chi connectivity index (χ1n) is 5.51. The molecule has 2 heterocycles. The number of nitrogens with one attached hydrogen (secondary N) is 1. The number of phenolic OH excluding ortho intramolecular Hbond substituents is 1. The van der Waals surface area contributed by atoms with Crippen LogP contribution in [0.5, 0.6) is 5.75 Å². The van der Waals surface area contributed by atoms with E-state index in [2.05, 4.69) is 5.32 Å². The Labute approximate surface area is 89.1 Å². The molecule has 0 bridgehead atoms. The van der Waals surface area contributed by atoms with Crippen molar-refractivity contribution in [3.63, 3.8) is 0 Å². The zero-order valence-electron chi connectivity index (χ0n) is 8.62. The molecule has 15 heavy (non-hydrogen) atoms. The molecule has 80 valence electrons. The van der Waals surface area contributed by atoms with Crippen LogP contribution in [0.25, 0.3) is 0 Å². The van der Waals surface area contributed by atoms with Crippen LogP contribution in [0.3, 0.4) is 0 Å². The van der Waals surface area contributed by atoms with Gasteiger partial charge in [-0.25, -0.2) is 0 Å². The summed E-state index contributed by atoms with van der Waals surface area (Å²) < 4.78 is 5.43. The smallest absolute Gasteiger partial charge is 0.120 e. The monoisotopic (exact) mass is 205 g/mol. The first-order chi connectivity index (χ1) is 7.36. The zero-order valence-corrected chi connectivity index (χ0v) is 8.62. The summed E-state index contributed by atoms with van der Waals surface area (Å²) in [4.78, 5) is 0. The minimum absolute atomic E-state index is 0.321. The van der Waals surface area contributed by atoms with E-state index in [1.165, 1.54) is 17.5 Å². The van der Waals surface area contributed by atoms with Crippen LogP contribution < -0.4 is 5.32 Å². The van der Waals surface area contributed by atoms with E-state index in [1.807, 2.05) is 6.07 Å². The molecule has 1 unspecified atom stereocenters. The molecule has 2 aliphatic heterocycles. The van der Waals surface area contributed by atoms with Crippen molar-refractivity contribution in [2.24, 2.45) is 0 Å². The van der Waals surface area contributed by atoms with Gasteiger partial charge in [-0.1, -0.05) is 6.07 Å². The maximum absolute atomic E-state index is 9.94. The Hall–Kier alpha value is -1.06. The largest absolute Gasteiger partial charge is 0.508 e. The molecule has 2 N–H and O–H groups in total. The molecule has 0 saturated carbocycles. The van der Waals surface area contributed by atoms with Gasteiger partial charge in [-0.3, -0.25) is 0 Å². The number of aromatic hydroxyl groups is 1. The molecule has 3 heteroatoms. The summed E-state index contributed by atoms with van der Waals surface area (Å²) in [6.07, 6.45) is 2.30. The first kappa shape index (κ1) is 9.19. The van der Waals surface area contributed by atoms with Crippen molar-refractivity contribution in [1.82, 2.24) is 5.32 Å². The van der Waals surface area contributed by atoms with Gasteiger partial charge in [-0.2, -0.15) is 0 Å². The Kier molecular flexibility index (Phi) is 2.15. The van der Waals surface area contributed by atoms with E-state index >= 15 is 0 Å². The van der Waals surface area contributed by atoms with Gasteiger partial charge in [0.15, 0.2) is 0 Å². The van der Waals surface area contributed by atoms with Crippen molar-refractivity contribution in [1.29, 1.82) is 0 Å². The molecule has 3 rings (SSSR count). The number of phenols is 1. The third-order valence-corrected chi connectivity index (χ3v) is 3.34. The molecule has 1 saturated heterocycles. The average Bonchev–Trinajstić information content (AvgIpc) is 2.85. The molecular formula is C12H15NO2. The van der Waals surface area contributed by atoms with Crippen LogP contribution in [-0.2, 0) is 18.0 Å². The van der Waals surface area contributed by atoms with Gasteiger partial charge in [0.2, 0.25) is 0 Å². The lowest BCUT2D eigenvalue weighted by atomic mass is 9.95. The number of hydrogen-bond donors (Lipinski definition) is 2. The summed E-state index contributed by atoms with van der Waals surface area (Å²) in [6, 6.07) is 4.08. The fraction of sp³-hybridized carbons (Fsp3) is 0.500. The molecule has 0 amide bonds. The van der Waals surface area contributed by atoms with Gasteiger partial charge in [0.1, 0.15) is 5.75 Å². The van der Waals surface area contributed by atoms with E-state index in [0.717, 1.165) is 18.5 Å². The lowest BCUT2D eigenvalue weighted by Crippen LogP contribution is -2.15.